The van der Waals surface area contributed by atoms with Gasteiger partial charge in [0.15, 0.2) is 12.1 Å². The largest absolute Gasteiger partial charge is 0.364 e. The van der Waals surface area contributed by atoms with Gasteiger partial charge < -0.3 is 9.84 Å². The highest BCUT2D eigenvalue weighted by atomic mass is 35.5. The molecular weight excluding hydrogens is 300 g/mol. The van der Waals surface area contributed by atoms with Crippen LogP contribution in [-0.2, 0) is 11.3 Å². The number of thiophene rings is 1. The van der Waals surface area contributed by atoms with E-state index in [1.807, 2.05) is 0 Å². The minimum absolute atomic E-state index is 0.0431. The minimum Gasteiger partial charge on any atom is -0.364 e. The second-order valence-electron chi connectivity index (χ2n) is 4.44. The normalized spacial score (nSPS) is 15.7. The Morgan fingerprint density at radius 3 is 3.20 bits per heavy atom. The molecule has 1 N–H and O–H groups in total. The number of Topliss-reactive ketones (excluding diaryl/α,β-unsaturated/α-hetero) is 1. The first-order valence-corrected chi connectivity index (χ1v) is 7.49. The molecule has 0 spiro atoms. The molecule has 1 aliphatic rings. The van der Waals surface area contributed by atoms with E-state index < -0.39 is 6.29 Å². The summed E-state index contributed by atoms with van der Waals surface area (Å²) in [5.74, 6) is 0.0431. The molecule has 0 saturated heterocycles. The lowest BCUT2D eigenvalue weighted by Gasteiger charge is -2.07. The first-order valence-electron chi connectivity index (χ1n) is 6.30. The van der Waals surface area contributed by atoms with E-state index in [4.69, 9.17) is 16.3 Å². The molecule has 7 heteroatoms. The van der Waals surface area contributed by atoms with Gasteiger partial charge >= 0.3 is 0 Å². The number of hydrogen-bond acceptors (Lipinski definition) is 5. The number of carbonyl (C=O) groups is 1. The third-order valence-electron chi connectivity index (χ3n) is 3.17. The van der Waals surface area contributed by atoms with Gasteiger partial charge in [-0.2, -0.15) is 5.10 Å². The Morgan fingerprint density at radius 1 is 1.65 bits per heavy atom. The molecule has 0 amide bonds. The zero-order valence-corrected chi connectivity index (χ0v) is 12.4. The Morgan fingerprint density at radius 2 is 2.45 bits per heavy atom. The minimum atomic E-state index is -1.01. The van der Waals surface area contributed by atoms with Gasteiger partial charge in [0, 0.05) is 25.1 Å². The standard InChI is InChI=1S/C13H13ClN2O3S/c1-2-19-13(18)10-5-7-11-8(14)6-15-16(11)4-3-9(17)12(7)20-10/h5-6,13,18H,2-4H2,1H3. The number of fused-ring (bicyclic) bond motifs is 3. The number of hydrogen-bond donors (Lipinski definition) is 1. The molecule has 0 radical (unpaired) electrons. The Bertz CT molecular complexity index is 665. The van der Waals surface area contributed by atoms with Gasteiger partial charge in [-0.05, 0) is 13.0 Å². The lowest BCUT2D eigenvalue weighted by atomic mass is 10.1. The molecule has 0 saturated carbocycles. The monoisotopic (exact) mass is 312 g/mol. The summed E-state index contributed by atoms with van der Waals surface area (Å²) in [4.78, 5) is 13.4. The molecule has 3 heterocycles. The zero-order chi connectivity index (χ0) is 14.3. The highest BCUT2D eigenvalue weighted by Gasteiger charge is 2.27. The van der Waals surface area contributed by atoms with E-state index in [1.54, 1.807) is 23.9 Å². The molecule has 0 aliphatic carbocycles. The van der Waals surface area contributed by atoms with E-state index in [1.165, 1.54) is 11.3 Å². The summed E-state index contributed by atoms with van der Waals surface area (Å²) in [6.45, 7) is 2.72. The number of rotatable bonds is 3. The lowest BCUT2D eigenvalue weighted by Crippen LogP contribution is -2.03. The van der Waals surface area contributed by atoms with Gasteiger partial charge in [0.1, 0.15) is 0 Å². The maximum absolute atomic E-state index is 12.2. The summed E-state index contributed by atoms with van der Waals surface area (Å²) in [5.41, 5.74) is 1.47. The van der Waals surface area contributed by atoms with Crippen LogP contribution in [0.2, 0.25) is 5.02 Å². The molecular formula is C13H13ClN2O3S. The van der Waals surface area contributed by atoms with Gasteiger partial charge in [0.2, 0.25) is 0 Å². The molecule has 1 aliphatic heterocycles. The highest BCUT2D eigenvalue weighted by Crippen LogP contribution is 2.40. The van der Waals surface area contributed by atoms with E-state index in [9.17, 15) is 9.90 Å². The Balaban J connectivity index is 2.13. The Kier molecular flexibility index (Phi) is 3.64. The lowest BCUT2D eigenvalue weighted by molar-refractivity contribution is -0.0955. The SMILES string of the molecule is CCOC(O)c1cc2c(s1)C(=O)CCn1ncc(Cl)c1-2. The second-order valence-corrected chi connectivity index (χ2v) is 5.93. The predicted octanol–water partition coefficient (Wildman–Crippen LogP) is 2.88. The fourth-order valence-electron chi connectivity index (χ4n) is 2.28. The first kappa shape index (κ1) is 13.8. The van der Waals surface area contributed by atoms with E-state index in [0.717, 1.165) is 11.3 Å². The van der Waals surface area contributed by atoms with Crippen LogP contribution in [0.5, 0.6) is 0 Å². The molecule has 5 nitrogen and oxygen atoms in total. The van der Waals surface area contributed by atoms with E-state index in [0.29, 0.717) is 34.3 Å². The van der Waals surface area contributed by atoms with Gasteiger partial charge in [-0.15, -0.1) is 11.3 Å². The fourth-order valence-corrected chi connectivity index (χ4v) is 3.58. The van der Waals surface area contributed by atoms with Crippen molar-refractivity contribution in [2.75, 3.05) is 6.61 Å². The van der Waals surface area contributed by atoms with Crippen molar-refractivity contribution in [3.63, 3.8) is 0 Å². The van der Waals surface area contributed by atoms with Crippen molar-refractivity contribution in [3.05, 3.63) is 27.0 Å². The summed E-state index contributed by atoms with van der Waals surface area (Å²) < 4.78 is 6.90. The maximum Gasteiger partial charge on any atom is 0.190 e. The van der Waals surface area contributed by atoms with Crippen LogP contribution >= 0.6 is 22.9 Å². The van der Waals surface area contributed by atoms with Gasteiger partial charge in [-0.3, -0.25) is 9.48 Å². The molecule has 106 valence electrons. The smallest absolute Gasteiger partial charge is 0.190 e. The molecule has 20 heavy (non-hydrogen) atoms. The van der Waals surface area contributed by atoms with Crippen LogP contribution in [0.25, 0.3) is 11.3 Å². The number of nitrogens with zero attached hydrogens (tertiary/aromatic N) is 2. The van der Waals surface area contributed by atoms with Crippen LogP contribution in [0.15, 0.2) is 12.3 Å². The van der Waals surface area contributed by atoms with Gasteiger partial charge in [-0.25, -0.2) is 0 Å². The van der Waals surface area contributed by atoms with Crippen molar-refractivity contribution in [3.8, 4) is 11.3 Å². The third kappa shape index (κ3) is 2.18. The number of ether oxygens (including phenoxy) is 1. The zero-order valence-electron chi connectivity index (χ0n) is 10.8. The van der Waals surface area contributed by atoms with Crippen LogP contribution in [0.1, 0.15) is 34.2 Å². The summed E-state index contributed by atoms with van der Waals surface area (Å²) in [5, 5.41) is 14.6. The Labute approximate surface area is 124 Å². The first-order chi connectivity index (χ1) is 9.61. The maximum atomic E-state index is 12.2. The number of aryl methyl sites for hydroxylation is 1. The summed E-state index contributed by atoms with van der Waals surface area (Å²) in [6.07, 6.45) is 0.940. The molecule has 2 aromatic heterocycles. The second kappa shape index (κ2) is 5.29. The molecule has 3 rings (SSSR count). The highest BCUT2D eigenvalue weighted by molar-refractivity contribution is 7.14. The molecule has 1 unspecified atom stereocenters. The number of ketones is 1. The van der Waals surface area contributed by atoms with Crippen LogP contribution < -0.4 is 0 Å². The number of aromatic nitrogens is 2. The molecule has 0 bridgehead atoms. The van der Waals surface area contributed by atoms with Crippen molar-refractivity contribution >= 4 is 28.7 Å². The van der Waals surface area contributed by atoms with Gasteiger partial charge in [0.05, 0.1) is 26.7 Å². The van der Waals surface area contributed by atoms with E-state index >= 15 is 0 Å². The van der Waals surface area contributed by atoms with Crippen LogP contribution in [0, 0.1) is 0 Å². The van der Waals surface area contributed by atoms with Crippen LogP contribution in [0.3, 0.4) is 0 Å². The van der Waals surface area contributed by atoms with Crippen molar-refractivity contribution in [2.45, 2.75) is 26.2 Å². The van der Waals surface area contributed by atoms with Crippen LogP contribution in [-0.4, -0.2) is 27.3 Å². The van der Waals surface area contributed by atoms with E-state index in [2.05, 4.69) is 5.10 Å². The molecule has 2 aromatic rings. The number of carbonyl (C=O) groups excluding carboxylic acids is 1. The average molecular weight is 313 g/mol. The van der Waals surface area contributed by atoms with Crippen LogP contribution in [0.4, 0.5) is 0 Å². The average Bonchev–Trinajstić information content (AvgIpc) is 2.97. The van der Waals surface area contributed by atoms with Gasteiger partial charge in [-0.1, -0.05) is 11.6 Å². The van der Waals surface area contributed by atoms with Crippen molar-refractivity contribution < 1.29 is 14.6 Å². The van der Waals surface area contributed by atoms with E-state index in [-0.39, 0.29) is 5.78 Å². The Hall–Kier alpha value is -1.21. The predicted molar refractivity (Wildman–Crippen MR) is 76.1 cm³/mol. The van der Waals surface area contributed by atoms with Crippen molar-refractivity contribution in [2.24, 2.45) is 0 Å². The summed E-state index contributed by atoms with van der Waals surface area (Å²) in [7, 11) is 0. The van der Waals surface area contributed by atoms with Gasteiger partial charge in [0.25, 0.3) is 0 Å². The molecule has 0 aromatic carbocycles. The number of halogens is 1. The topological polar surface area (TPSA) is 64.3 Å². The quantitative estimate of drug-likeness (QED) is 0.885. The third-order valence-corrected chi connectivity index (χ3v) is 4.66. The van der Waals surface area contributed by atoms with Crippen molar-refractivity contribution in [1.82, 2.24) is 9.78 Å². The molecule has 0 fully saturated rings. The fraction of sp³-hybridized carbons (Fsp3) is 0.385. The molecule has 1 atom stereocenters. The summed E-state index contributed by atoms with van der Waals surface area (Å²) >= 11 is 7.43. The van der Waals surface area contributed by atoms with Crippen molar-refractivity contribution in [1.29, 1.82) is 0 Å². The summed E-state index contributed by atoms with van der Waals surface area (Å²) in [6, 6.07) is 1.77. The number of aliphatic hydroxyl groups excluding tert-OH is 1. The number of aliphatic hydroxyl groups is 1.